The number of benzene rings is 1. The van der Waals surface area contributed by atoms with E-state index in [0.717, 1.165) is 18.4 Å². The summed E-state index contributed by atoms with van der Waals surface area (Å²) in [5, 5.41) is 3.56. The molecule has 0 amide bonds. The van der Waals surface area contributed by atoms with E-state index in [-0.39, 0.29) is 0 Å². The maximum Gasteiger partial charge on any atom is 0.0412 e. The van der Waals surface area contributed by atoms with E-state index >= 15 is 0 Å². The molecule has 0 bridgehead atoms. The van der Waals surface area contributed by atoms with Crippen molar-refractivity contribution < 1.29 is 0 Å². The first kappa shape index (κ1) is 14.4. The van der Waals surface area contributed by atoms with Gasteiger partial charge in [0.1, 0.15) is 0 Å². The Kier molecular flexibility index (Phi) is 4.37. The first-order valence-electron chi connectivity index (χ1n) is 7.90. The molecule has 0 spiro atoms. The number of rotatable bonds is 4. The summed E-state index contributed by atoms with van der Waals surface area (Å²) in [6.45, 7) is 7.90. The van der Waals surface area contributed by atoms with Gasteiger partial charge in [0.25, 0.3) is 0 Å². The third-order valence-corrected chi connectivity index (χ3v) is 5.30. The molecule has 1 saturated heterocycles. The van der Waals surface area contributed by atoms with E-state index in [0.29, 0.717) is 6.04 Å². The highest BCUT2D eigenvalue weighted by Crippen LogP contribution is 2.40. The summed E-state index contributed by atoms with van der Waals surface area (Å²) < 4.78 is 1.18. The lowest BCUT2D eigenvalue weighted by Crippen LogP contribution is -2.26. The molecular weight excluding hydrogens is 312 g/mol. The molecule has 2 aliphatic rings. The van der Waals surface area contributed by atoms with E-state index in [1.165, 1.54) is 48.1 Å². The minimum atomic E-state index is 0.528. The number of halogens is 1. The molecule has 1 aliphatic heterocycles. The van der Waals surface area contributed by atoms with Gasteiger partial charge in [-0.2, -0.15) is 0 Å². The van der Waals surface area contributed by atoms with Crippen LogP contribution >= 0.6 is 15.9 Å². The van der Waals surface area contributed by atoms with Crippen LogP contribution < -0.4 is 10.2 Å². The molecule has 20 heavy (non-hydrogen) atoms. The van der Waals surface area contributed by atoms with Crippen molar-refractivity contribution in [3.8, 4) is 0 Å². The van der Waals surface area contributed by atoms with Crippen molar-refractivity contribution in [1.29, 1.82) is 0 Å². The molecule has 0 radical (unpaired) electrons. The highest BCUT2D eigenvalue weighted by Gasteiger charge is 2.36. The Morgan fingerprint density at radius 1 is 1.25 bits per heavy atom. The van der Waals surface area contributed by atoms with Crippen LogP contribution in [-0.2, 0) is 6.54 Å². The molecule has 110 valence electrons. The van der Waals surface area contributed by atoms with Crippen molar-refractivity contribution in [2.24, 2.45) is 11.8 Å². The minimum absolute atomic E-state index is 0.528. The fourth-order valence-electron chi connectivity index (χ4n) is 3.75. The van der Waals surface area contributed by atoms with E-state index in [9.17, 15) is 0 Å². The van der Waals surface area contributed by atoms with Crippen molar-refractivity contribution >= 4 is 21.6 Å². The highest BCUT2D eigenvalue weighted by molar-refractivity contribution is 9.10. The Hall–Kier alpha value is -0.540. The third kappa shape index (κ3) is 3.04. The predicted molar refractivity (Wildman–Crippen MR) is 89.2 cm³/mol. The second-order valence-corrected chi connectivity index (χ2v) is 7.58. The second-order valence-electron chi connectivity index (χ2n) is 6.66. The summed E-state index contributed by atoms with van der Waals surface area (Å²) in [7, 11) is 0. The largest absolute Gasteiger partial charge is 0.371 e. The molecule has 1 aromatic rings. The molecule has 1 aliphatic carbocycles. The lowest BCUT2D eigenvalue weighted by atomic mass is 10.0. The number of anilines is 1. The van der Waals surface area contributed by atoms with E-state index in [4.69, 9.17) is 0 Å². The van der Waals surface area contributed by atoms with Crippen LogP contribution in [-0.4, -0.2) is 19.1 Å². The van der Waals surface area contributed by atoms with Gasteiger partial charge in [0.15, 0.2) is 0 Å². The Bertz CT molecular complexity index is 460. The lowest BCUT2D eigenvalue weighted by Gasteiger charge is -2.24. The summed E-state index contributed by atoms with van der Waals surface area (Å²) in [6.07, 6.45) is 4.33. The molecule has 1 saturated carbocycles. The lowest BCUT2D eigenvalue weighted by molar-refractivity contribution is 0.494. The Balaban J connectivity index is 1.78. The van der Waals surface area contributed by atoms with Gasteiger partial charge >= 0.3 is 0 Å². The van der Waals surface area contributed by atoms with Crippen LogP contribution in [0.25, 0.3) is 0 Å². The normalized spacial score (nSPS) is 25.5. The van der Waals surface area contributed by atoms with Gasteiger partial charge in [-0.05, 0) is 48.4 Å². The zero-order chi connectivity index (χ0) is 14.1. The van der Waals surface area contributed by atoms with Gasteiger partial charge in [-0.3, -0.25) is 0 Å². The molecule has 3 rings (SSSR count). The van der Waals surface area contributed by atoms with E-state index in [2.05, 4.69) is 58.2 Å². The van der Waals surface area contributed by atoms with E-state index < -0.39 is 0 Å². The van der Waals surface area contributed by atoms with Crippen molar-refractivity contribution in [3.63, 3.8) is 0 Å². The monoisotopic (exact) mass is 336 g/mol. The summed E-state index contributed by atoms with van der Waals surface area (Å²) in [5.74, 6) is 1.90. The van der Waals surface area contributed by atoms with Gasteiger partial charge in [0, 0.05) is 35.8 Å². The first-order valence-corrected chi connectivity index (χ1v) is 8.69. The van der Waals surface area contributed by atoms with Crippen molar-refractivity contribution in [2.45, 2.75) is 45.7 Å². The van der Waals surface area contributed by atoms with Gasteiger partial charge < -0.3 is 10.2 Å². The molecule has 1 heterocycles. The molecule has 2 atom stereocenters. The molecule has 1 aromatic carbocycles. The Morgan fingerprint density at radius 2 is 1.95 bits per heavy atom. The molecule has 0 aromatic heterocycles. The number of nitrogens with one attached hydrogen (secondary N) is 1. The topological polar surface area (TPSA) is 15.3 Å². The van der Waals surface area contributed by atoms with Crippen LogP contribution in [0.15, 0.2) is 22.7 Å². The molecule has 3 heteroatoms. The third-order valence-electron chi connectivity index (χ3n) is 4.81. The van der Waals surface area contributed by atoms with Gasteiger partial charge in [-0.25, -0.2) is 0 Å². The zero-order valence-corrected chi connectivity index (χ0v) is 14.1. The molecule has 1 N–H and O–H groups in total. The van der Waals surface area contributed by atoms with Crippen LogP contribution in [0.3, 0.4) is 0 Å². The Labute approximate surface area is 131 Å². The number of nitrogens with zero attached hydrogens (tertiary/aromatic N) is 1. The SMILES string of the molecule is CC(C)NCc1cc(Br)ccc1N1CC2CCCC2C1. The highest BCUT2D eigenvalue weighted by atomic mass is 79.9. The van der Waals surface area contributed by atoms with Crippen molar-refractivity contribution in [1.82, 2.24) is 5.32 Å². The van der Waals surface area contributed by atoms with Crippen LogP contribution in [0, 0.1) is 11.8 Å². The van der Waals surface area contributed by atoms with Gasteiger partial charge in [0.05, 0.1) is 0 Å². The predicted octanol–water partition coefficient (Wildman–Crippen LogP) is 4.18. The summed E-state index contributed by atoms with van der Waals surface area (Å²) in [4.78, 5) is 2.62. The Morgan fingerprint density at radius 3 is 2.60 bits per heavy atom. The average Bonchev–Trinajstić information content (AvgIpc) is 2.97. The maximum absolute atomic E-state index is 3.61. The smallest absolute Gasteiger partial charge is 0.0412 e. The van der Waals surface area contributed by atoms with Gasteiger partial charge in [-0.1, -0.05) is 36.2 Å². The molecule has 2 unspecified atom stereocenters. The maximum atomic E-state index is 3.61. The van der Waals surface area contributed by atoms with Gasteiger partial charge in [-0.15, -0.1) is 0 Å². The van der Waals surface area contributed by atoms with Crippen LogP contribution in [0.1, 0.15) is 38.7 Å². The fraction of sp³-hybridized carbons (Fsp3) is 0.647. The molecular formula is C17H25BrN2. The number of fused-ring (bicyclic) bond motifs is 1. The van der Waals surface area contributed by atoms with Crippen LogP contribution in [0.5, 0.6) is 0 Å². The van der Waals surface area contributed by atoms with Crippen molar-refractivity contribution in [2.75, 3.05) is 18.0 Å². The average molecular weight is 337 g/mol. The van der Waals surface area contributed by atoms with Crippen LogP contribution in [0.4, 0.5) is 5.69 Å². The molecule has 2 fully saturated rings. The van der Waals surface area contributed by atoms with Crippen molar-refractivity contribution in [3.05, 3.63) is 28.2 Å². The number of hydrogen-bond acceptors (Lipinski definition) is 2. The fourth-order valence-corrected chi connectivity index (χ4v) is 4.16. The van der Waals surface area contributed by atoms with Crippen LogP contribution in [0.2, 0.25) is 0 Å². The number of hydrogen-bond donors (Lipinski definition) is 1. The zero-order valence-electron chi connectivity index (χ0n) is 12.5. The molecule has 2 nitrogen and oxygen atoms in total. The quantitative estimate of drug-likeness (QED) is 0.887. The minimum Gasteiger partial charge on any atom is -0.371 e. The summed E-state index contributed by atoms with van der Waals surface area (Å²) >= 11 is 3.61. The first-order chi connectivity index (χ1) is 9.63. The summed E-state index contributed by atoms with van der Waals surface area (Å²) in [6, 6.07) is 7.28. The van der Waals surface area contributed by atoms with Gasteiger partial charge in [0.2, 0.25) is 0 Å². The van der Waals surface area contributed by atoms with E-state index in [1.54, 1.807) is 0 Å². The summed E-state index contributed by atoms with van der Waals surface area (Å²) in [5.41, 5.74) is 2.86. The van der Waals surface area contributed by atoms with E-state index in [1.807, 2.05) is 0 Å². The standard InChI is InChI=1S/C17H25BrN2/c1-12(2)19-9-15-8-16(18)6-7-17(15)20-10-13-4-3-5-14(13)11-20/h6-8,12-14,19H,3-5,9-11H2,1-2H3. The second kappa shape index (κ2) is 6.07.